The Hall–Kier alpha value is -3.56. The van der Waals surface area contributed by atoms with Crippen LogP contribution < -0.4 is 15.4 Å². The third-order valence-corrected chi connectivity index (χ3v) is 4.34. The smallest absolute Gasteiger partial charge is 0.452 e. The Morgan fingerprint density at radius 2 is 1.68 bits per heavy atom. The highest BCUT2D eigenvalue weighted by atomic mass is 19.4. The predicted octanol–water partition coefficient (Wildman–Crippen LogP) is 3.41. The minimum Gasteiger partial charge on any atom is -0.452 e. The van der Waals surface area contributed by atoms with Gasteiger partial charge in [0.1, 0.15) is 5.75 Å². The van der Waals surface area contributed by atoms with E-state index in [4.69, 9.17) is 4.74 Å². The number of rotatable bonds is 8. The van der Waals surface area contributed by atoms with Crippen molar-refractivity contribution >= 4 is 23.5 Å². The summed E-state index contributed by atoms with van der Waals surface area (Å²) in [6.07, 6.45) is -3.11. The zero-order valence-electron chi connectivity index (χ0n) is 16.2. The minimum absolute atomic E-state index is 0.0511. The average molecular weight is 436 g/mol. The second-order valence-electron chi connectivity index (χ2n) is 6.85. The Morgan fingerprint density at radius 3 is 2.32 bits per heavy atom. The van der Waals surface area contributed by atoms with Gasteiger partial charge < -0.3 is 20.1 Å². The summed E-state index contributed by atoms with van der Waals surface area (Å²) >= 11 is 0. The standard InChI is InChI=1S/C21H19F3N2O5/c22-21(23,24)31-17-4-2-1-3-15(17)11-25-18(27)12-30-20(29)14-7-9-16(10-8-14)26-19(28)13-5-6-13/h1-4,7-10,13H,5-6,11-12H2,(H,25,27)(H,26,28). The number of hydrogen-bond acceptors (Lipinski definition) is 5. The molecule has 2 N–H and O–H groups in total. The summed E-state index contributed by atoms with van der Waals surface area (Å²) in [7, 11) is 0. The fourth-order valence-electron chi connectivity index (χ4n) is 2.61. The molecule has 0 aliphatic heterocycles. The molecular formula is C21H19F3N2O5. The van der Waals surface area contributed by atoms with Gasteiger partial charge in [-0.25, -0.2) is 4.79 Å². The van der Waals surface area contributed by atoms with Crippen molar-refractivity contribution in [1.29, 1.82) is 0 Å². The lowest BCUT2D eigenvalue weighted by Gasteiger charge is -2.13. The van der Waals surface area contributed by atoms with Gasteiger partial charge in [0.25, 0.3) is 5.91 Å². The van der Waals surface area contributed by atoms with E-state index >= 15 is 0 Å². The maximum absolute atomic E-state index is 12.4. The van der Waals surface area contributed by atoms with E-state index < -0.39 is 30.6 Å². The molecule has 2 aromatic rings. The van der Waals surface area contributed by atoms with Gasteiger partial charge in [-0.1, -0.05) is 18.2 Å². The number of ether oxygens (including phenoxy) is 2. The number of nitrogens with one attached hydrogen (secondary N) is 2. The minimum atomic E-state index is -4.86. The van der Waals surface area contributed by atoms with E-state index in [1.807, 2.05) is 0 Å². The van der Waals surface area contributed by atoms with Crippen LogP contribution in [0.4, 0.5) is 18.9 Å². The van der Waals surface area contributed by atoms with Gasteiger partial charge in [0.15, 0.2) is 6.61 Å². The van der Waals surface area contributed by atoms with Crippen LogP contribution in [0.3, 0.4) is 0 Å². The molecule has 10 heteroatoms. The third kappa shape index (κ3) is 7.02. The van der Waals surface area contributed by atoms with Crippen molar-refractivity contribution in [2.45, 2.75) is 25.7 Å². The maximum atomic E-state index is 12.4. The van der Waals surface area contributed by atoms with Crippen molar-refractivity contribution in [3.8, 4) is 5.75 Å². The van der Waals surface area contributed by atoms with Crippen molar-refractivity contribution in [3.63, 3.8) is 0 Å². The third-order valence-electron chi connectivity index (χ3n) is 4.34. The summed E-state index contributed by atoms with van der Waals surface area (Å²) in [6, 6.07) is 11.4. The van der Waals surface area contributed by atoms with E-state index in [0.717, 1.165) is 18.9 Å². The number of alkyl halides is 3. The highest BCUT2D eigenvalue weighted by Gasteiger charge is 2.32. The lowest BCUT2D eigenvalue weighted by molar-refractivity contribution is -0.274. The van der Waals surface area contributed by atoms with Crippen LogP contribution in [0.5, 0.6) is 5.75 Å². The van der Waals surface area contributed by atoms with Crippen molar-refractivity contribution in [2.75, 3.05) is 11.9 Å². The van der Waals surface area contributed by atoms with Gasteiger partial charge in [0, 0.05) is 23.7 Å². The van der Waals surface area contributed by atoms with E-state index in [9.17, 15) is 27.6 Å². The molecule has 1 fully saturated rings. The number of anilines is 1. The molecule has 2 amide bonds. The predicted molar refractivity (Wildman–Crippen MR) is 103 cm³/mol. The molecule has 2 aromatic carbocycles. The number of amides is 2. The molecule has 1 aliphatic rings. The second kappa shape index (κ2) is 9.50. The van der Waals surface area contributed by atoms with Crippen molar-refractivity contribution in [2.24, 2.45) is 5.92 Å². The summed E-state index contributed by atoms with van der Waals surface area (Å²) in [5.74, 6) is -1.88. The molecular weight excluding hydrogens is 417 g/mol. The lowest BCUT2D eigenvalue weighted by Crippen LogP contribution is -2.29. The first-order valence-electron chi connectivity index (χ1n) is 9.39. The zero-order chi connectivity index (χ0) is 22.4. The molecule has 31 heavy (non-hydrogen) atoms. The molecule has 3 rings (SSSR count). The van der Waals surface area contributed by atoms with Crippen molar-refractivity contribution < 1.29 is 37.0 Å². The van der Waals surface area contributed by atoms with Gasteiger partial charge in [-0.15, -0.1) is 13.2 Å². The SMILES string of the molecule is O=C(COC(=O)c1ccc(NC(=O)C2CC2)cc1)NCc1ccccc1OC(F)(F)F. The molecule has 1 aliphatic carbocycles. The van der Waals surface area contributed by atoms with Crippen LogP contribution in [0, 0.1) is 5.92 Å². The second-order valence-corrected chi connectivity index (χ2v) is 6.85. The van der Waals surface area contributed by atoms with E-state index in [1.54, 1.807) is 12.1 Å². The molecule has 0 spiro atoms. The number of carbonyl (C=O) groups is 3. The molecule has 0 heterocycles. The molecule has 164 valence electrons. The number of benzene rings is 2. The molecule has 0 radical (unpaired) electrons. The Morgan fingerprint density at radius 1 is 1.00 bits per heavy atom. The van der Waals surface area contributed by atoms with Gasteiger partial charge in [-0.3, -0.25) is 9.59 Å². The number of carbonyl (C=O) groups excluding carboxylic acids is 3. The topological polar surface area (TPSA) is 93.7 Å². The van der Waals surface area contributed by atoms with Gasteiger partial charge in [0.2, 0.25) is 5.91 Å². The molecule has 1 saturated carbocycles. The van der Waals surface area contributed by atoms with E-state index in [2.05, 4.69) is 15.4 Å². The van der Waals surface area contributed by atoms with Crippen LogP contribution in [0.15, 0.2) is 48.5 Å². The molecule has 0 atom stereocenters. The lowest BCUT2D eigenvalue weighted by atomic mass is 10.2. The molecule has 0 unspecified atom stereocenters. The van der Waals surface area contributed by atoms with Crippen molar-refractivity contribution in [1.82, 2.24) is 5.32 Å². The number of hydrogen-bond donors (Lipinski definition) is 2. The van der Waals surface area contributed by atoms with Crippen LogP contribution in [0.1, 0.15) is 28.8 Å². The first-order valence-corrected chi connectivity index (χ1v) is 9.39. The summed E-state index contributed by atoms with van der Waals surface area (Å²) < 4.78 is 46.1. The number of esters is 1. The fraction of sp³-hybridized carbons (Fsp3) is 0.286. The highest BCUT2D eigenvalue weighted by Crippen LogP contribution is 2.30. The van der Waals surface area contributed by atoms with E-state index in [1.165, 1.54) is 30.3 Å². The van der Waals surface area contributed by atoms with Crippen LogP contribution in [0.25, 0.3) is 0 Å². The van der Waals surface area contributed by atoms with Gasteiger partial charge in [0.05, 0.1) is 5.56 Å². The zero-order valence-corrected chi connectivity index (χ0v) is 16.2. The molecule has 0 saturated heterocycles. The van der Waals surface area contributed by atoms with Crippen molar-refractivity contribution in [3.05, 3.63) is 59.7 Å². The van der Waals surface area contributed by atoms with Gasteiger partial charge >= 0.3 is 12.3 Å². The summed E-state index contributed by atoms with van der Waals surface area (Å²) in [5.41, 5.74) is 0.843. The Labute approximate surface area is 175 Å². The quantitative estimate of drug-likeness (QED) is 0.619. The monoisotopic (exact) mass is 436 g/mol. The summed E-state index contributed by atoms with van der Waals surface area (Å²) in [6.45, 7) is -0.848. The average Bonchev–Trinajstić information content (AvgIpc) is 3.56. The normalized spacial score (nSPS) is 13.3. The van der Waals surface area contributed by atoms with Crippen LogP contribution in [-0.4, -0.2) is 30.8 Å². The highest BCUT2D eigenvalue weighted by molar-refractivity contribution is 5.95. The van der Waals surface area contributed by atoms with Gasteiger partial charge in [-0.2, -0.15) is 0 Å². The molecule has 7 nitrogen and oxygen atoms in total. The van der Waals surface area contributed by atoms with Crippen LogP contribution in [0.2, 0.25) is 0 Å². The number of para-hydroxylation sites is 1. The van der Waals surface area contributed by atoms with Crippen LogP contribution >= 0.6 is 0 Å². The molecule has 0 aromatic heterocycles. The Bertz CT molecular complexity index is 956. The first-order chi connectivity index (χ1) is 14.7. The van der Waals surface area contributed by atoms with E-state index in [-0.39, 0.29) is 29.5 Å². The first kappa shape index (κ1) is 22.1. The maximum Gasteiger partial charge on any atom is 0.573 e. The Kier molecular flexibility index (Phi) is 6.78. The summed E-state index contributed by atoms with van der Waals surface area (Å²) in [4.78, 5) is 35.7. The Balaban J connectivity index is 1.45. The van der Waals surface area contributed by atoms with Crippen LogP contribution in [-0.2, 0) is 20.9 Å². The fourth-order valence-corrected chi connectivity index (χ4v) is 2.61. The summed E-state index contributed by atoms with van der Waals surface area (Å²) in [5, 5.41) is 5.10. The van der Waals surface area contributed by atoms with Gasteiger partial charge in [-0.05, 0) is 43.2 Å². The largest absolute Gasteiger partial charge is 0.573 e. The number of halogens is 3. The van der Waals surface area contributed by atoms with E-state index in [0.29, 0.717) is 5.69 Å². The molecule has 0 bridgehead atoms.